The summed E-state index contributed by atoms with van der Waals surface area (Å²) in [7, 11) is -3.39. The lowest BCUT2D eigenvalue weighted by Gasteiger charge is -2.23. The molecule has 0 radical (unpaired) electrons. The summed E-state index contributed by atoms with van der Waals surface area (Å²) in [5.74, 6) is -0.0654. The summed E-state index contributed by atoms with van der Waals surface area (Å²) in [6.07, 6.45) is 4.10. The first-order valence-electron chi connectivity index (χ1n) is 8.70. The Hall–Kier alpha value is -1.60. The molecule has 1 N–H and O–H groups in total. The predicted molar refractivity (Wildman–Crippen MR) is 99.3 cm³/mol. The quantitative estimate of drug-likeness (QED) is 0.763. The molecule has 1 aromatic carbocycles. The fourth-order valence-electron chi connectivity index (χ4n) is 3.09. The molecule has 6 nitrogen and oxygen atoms in total. The second kappa shape index (κ2) is 8.67. The molecular formula is C18H28N2O4S. The average molecular weight is 368 g/mol. The maximum Gasteiger partial charge on any atom is 0.232 e. The number of nitrogens with zero attached hydrogens (tertiary/aromatic N) is 1. The Morgan fingerprint density at radius 1 is 1.28 bits per heavy atom. The molecule has 0 aliphatic carbocycles. The van der Waals surface area contributed by atoms with Crippen molar-refractivity contribution in [2.45, 2.75) is 45.6 Å². The van der Waals surface area contributed by atoms with Crippen LogP contribution in [0.25, 0.3) is 0 Å². The van der Waals surface area contributed by atoms with E-state index in [2.05, 4.69) is 5.32 Å². The second-order valence-corrected chi connectivity index (χ2v) is 8.63. The standard InChI is InChI=1S/C18H28N2O4S/c1-14-10-15(2)12-16(11-14)20(25(3,22)23)8-4-7-18(21)19-13-17-6-5-9-24-17/h10-12,17H,4-9,13H2,1-3H3,(H,19,21)/t17-/m1/s1. The van der Waals surface area contributed by atoms with Gasteiger partial charge in [-0.3, -0.25) is 9.10 Å². The summed E-state index contributed by atoms with van der Waals surface area (Å²) < 4.78 is 31.1. The number of ether oxygens (including phenoxy) is 1. The third-order valence-corrected chi connectivity index (χ3v) is 5.40. The number of carbonyl (C=O) groups is 1. The fourth-order valence-corrected chi connectivity index (χ4v) is 4.03. The van der Waals surface area contributed by atoms with Crippen LogP contribution in [0.1, 0.15) is 36.8 Å². The number of hydrogen-bond acceptors (Lipinski definition) is 4. The van der Waals surface area contributed by atoms with Gasteiger partial charge in [0.1, 0.15) is 0 Å². The van der Waals surface area contributed by atoms with E-state index in [1.54, 1.807) is 0 Å². The minimum absolute atomic E-state index is 0.0654. The molecule has 7 heteroatoms. The molecule has 1 atom stereocenters. The summed E-state index contributed by atoms with van der Waals surface area (Å²) in [4.78, 5) is 11.9. The lowest BCUT2D eigenvalue weighted by atomic mass is 10.1. The van der Waals surface area contributed by atoms with E-state index in [1.807, 2.05) is 32.0 Å². The molecule has 140 valence electrons. The van der Waals surface area contributed by atoms with Gasteiger partial charge in [0.05, 0.1) is 18.0 Å². The molecule has 0 unspecified atom stereocenters. The molecular weight excluding hydrogens is 340 g/mol. The van der Waals surface area contributed by atoms with Gasteiger partial charge in [-0.15, -0.1) is 0 Å². The first-order valence-corrected chi connectivity index (χ1v) is 10.5. The van der Waals surface area contributed by atoms with Crippen molar-refractivity contribution in [3.05, 3.63) is 29.3 Å². The van der Waals surface area contributed by atoms with E-state index >= 15 is 0 Å². The van der Waals surface area contributed by atoms with Crippen molar-refractivity contribution in [1.29, 1.82) is 0 Å². The Kier molecular flexibility index (Phi) is 6.84. The number of aryl methyl sites for hydroxylation is 2. The van der Waals surface area contributed by atoms with Crippen molar-refractivity contribution < 1.29 is 17.9 Å². The second-order valence-electron chi connectivity index (χ2n) is 6.72. The van der Waals surface area contributed by atoms with Gasteiger partial charge in [-0.2, -0.15) is 0 Å². The zero-order valence-electron chi connectivity index (χ0n) is 15.2. The largest absolute Gasteiger partial charge is 0.376 e. The average Bonchev–Trinajstić information content (AvgIpc) is 3.00. The smallest absolute Gasteiger partial charge is 0.232 e. The Labute approximate surface area is 150 Å². The Morgan fingerprint density at radius 2 is 1.96 bits per heavy atom. The number of hydrogen-bond donors (Lipinski definition) is 1. The highest BCUT2D eigenvalue weighted by Crippen LogP contribution is 2.21. The maximum absolute atomic E-state index is 12.1. The zero-order chi connectivity index (χ0) is 18.4. The van der Waals surface area contributed by atoms with Gasteiger partial charge in [0, 0.05) is 26.1 Å². The van der Waals surface area contributed by atoms with E-state index in [1.165, 1.54) is 10.6 Å². The molecule has 1 aromatic rings. The van der Waals surface area contributed by atoms with Gasteiger partial charge in [0.15, 0.2) is 0 Å². The highest BCUT2D eigenvalue weighted by molar-refractivity contribution is 7.92. The van der Waals surface area contributed by atoms with Crippen molar-refractivity contribution in [2.75, 3.05) is 30.3 Å². The molecule has 0 spiro atoms. The van der Waals surface area contributed by atoms with Crippen LogP contribution in [-0.2, 0) is 19.6 Å². The Morgan fingerprint density at radius 3 is 2.52 bits per heavy atom. The molecule has 1 heterocycles. The van der Waals surface area contributed by atoms with Gasteiger partial charge in [0.25, 0.3) is 0 Å². The number of benzene rings is 1. The van der Waals surface area contributed by atoms with Crippen molar-refractivity contribution in [1.82, 2.24) is 5.32 Å². The van der Waals surface area contributed by atoms with Crippen LogP contribution < -0.4 is 9.62 Å². The van der Waals surface area contributed by atoms with Crippen LogP contribution in [0.5, 0.6) is 0 Å². The fraction of sp³-hybridized carbons (Fsp3) is 0.611. The van der Waals surface area contributed by atoms with E-state index in [4.69, 9.17) is 4.74 Å². The molecule has 1 aliphatic heterocycles. The molecule has 1 fully saturated rings. The van der Waals surface area contributed by atoms with E-state index in [-0.39, 0.29) is 18.6 Å². The van der Waals surface area contributed by atoms with Crippen LogP contribution in [0.2, 0.25) is 0 Å². The van der Waals surface area contributed by atoms with Gasteiger partial charge in [-0.05, 0) is 56.4 Å². The number of anilines is 1. The number of rotatable bonds is 8. The van der Waals surface area contributed by atoms with Crippen molar-refractivity contribution in [3.8, 4) is 0 Å². The summed E-state index contributed by atoms with van der Waals surface area (Å²) in [6.45, 7) is 5.46. The normalized spacial score (nSPS) is 17.5. The molecule has 1 amide bonds. The van der Waals surface area contributed by atoms with Crippen LogP contribution >= 0.6 is 0 Å². The summed E-state index contributed by atoms with van der Waals surface area (Å²) in [5.41, 5.74) is 2.68. The minimum atomic E-state index is -3.39. The molecule has 2 rings (SSSR count). The van der Waals surface area contributed by atoms with E-state index in [0.29, 0.717) is 25.1 Å². The van der Waals surface area contributed by atoms with E-state index in [9.17, 15) is 13.2 Å². The highest BCUT2D eigenvalue weighted by Gasteiger charge is 2.19. The predicted octanol–water partition coefficient (Wildman–Crippen LogP) is 2.14. The van der Waals surface area contributed by atoms with Crippen LogP contribution in [0, 0.1) is 13.8 Å². The number of carbonyl (C=O) groups excluding carboxylic acids is 1. The van der Waals surface area contributed by atoms with Crippen LogP contribution in [0.3, 0.4) is 0 Å². The lowest BCUT2D eigenvalue weighted by Crippen LogP contribution is -2.34. The van der Waals surface area contributed by atoms with Gasteiger partial charge >= 0.3 is 0 Å². The number of nitrogens with one attached hydrogen (secondary N) is 1. The SMILES string of the molecule is Cc1cc(C)cc(N(CCCC(=O)NC[C@H]2CCCO2)S(C)(=O)=O)c1. The molecule has 0 aromatic heterocycles. The number of sulfonamides is 1. The third-order valence-electron chi connectivity index (χ3n) is 4.21. The third kappa shape index (κ3) is 6.32. The summed E-state index contributed by atoms with van der Waals surface area (Å²) in [6, 6.07) is 5.71. The first-order chi connectivity index (χ1) is 11.8. The van der Waals surface area contributed by atoms with Crippen molar-refractivity contribution in [3.63, 3.8) is 0 Å². The Bertz CT molecular complexity index is 677. The number of amides is 1. The zero-order valence-corrected chi connectivity index (χ0v) is 16.1. The van der Waals surface area contributed by atoms with Gasteiger partial charge in [0.2, 0.25) is 15.9 Å². The summed E-state index contributed by atoms with van der Waals surface area (Å²) in [5, 5.41) is 2.86. The molecule has 0 saturated carbocycles. The molecule has 1 aliphatic rings. The summed E-state index contributed by atoms with van der Waals surface area (Å²) >= 11 is 0. The van der Waals surface area contributed by atoms with Gasteiger partial charge in [-0.25, -0.2) is 8.42 Å². The first kappa shape index (κ1) is 19.7. The van der Waals surface area contributed by atoms with E-state index in [0.717, 1.165) is 30.6 Å². The van der Waals surface area contributed by atoms with Crippen molar-refractivity contribution >= 4 is 21.6 Å². The lowest BCUT2D eigenvalue weighted by molar-refractivity contribution is -0.121. The van der Waals surface area contributed by atoms with E-state index < -0.39 is 10.0 Å². The maximum atomic E-state index is 12.1. The van der Waals surface area contributed by atoms with Gasteiger partial charge in [-0.1, -0.05) is 6.07 Å². The minimum Gasteiger partial charge on any atom is -0.376 e. The van der Waals surface area contributed by atoms with Crippen LogP contribution in [-0.4, -0.2) is 46.4 Å². The van der Waals surface area contributed by atoms with Gasteiger partial charge < -0.3 is 10.1 Å². The molecule has 1 saturated heterocycles. The monoisotopic (exact) mass is 368 g/mol. The molecule has 0 bridgehead atoms. The molecule has 25 heavy (non-hydrogen) atoms. The van der Waals surface area contributed by atoms with Crippen LogP contribution in [0.4, 0.5) is 5.69 Å². The Balaban J connectivity index is 1.89. The highest BCUT2D eigenvalue weighted by atomic mass is 32.2. The van der Waals surface area contributed by atoms with Crippen molar-refractivity contribution in [2.24, 2.45) is 0 Å². The van der Waals surface area contributed by atoms with Crippen LogP contribution in [0.15, 0.2) is 18.2 Å². The topological polar surface area (TPSA) is 75.7 Å².